The molecule has 0 saturated heterocycles. The van der Waals surface area contributed by atoms with Gasteiger partial charge in [-0.05, 0) is 81.7 Å². The Morgan fingerprint density at radius 1 is 0.593 bits per heavy atom. The summed E-state index contributed by atoms with van der Waals surface area (Å²) in [7, 11) is 0. The Hall–Kier alpha value is -5.94. The molecule has 11 nitrogen and oxygen atoms in total. The molecule has 3 aliphatic rings. The third kappa shape index (κ3) is 30.6. The number of carbonyl (C=O) groups excluding carboxylic acids is 7. The molecule has 2 atom stereocenters. The molecule has 2 N–H and O–H groups in total. The Bertz CT molecular complexity index is 2890. The lowest BCUT2D eigenvalue weighted by molar-refractivity contribution is -0.131. The molecule has 3 saturated carbocycles. The second-order valence-corrected chi connectivity index (χ2v) is 33.3. The summed E-state index contributed by atoms with van der Waals surface area (Å²) >= 11 is 0. The standard InChI is InChI=1S/C15H18N2O.C14H21NO.C12H16O2.C11H20O.C10H18O.2C9H16O/c1-11-13(14(18)15(2,3)4)10-16-17(11)12-8-6-5-7-9-12;1-13(2,3)12(16)14(4,15)10-11-8-6-5-7-9-11;1-12(2,3)11(13)9-14-10-7-5-4-6-8-10;1-11(2,3)10(12)8-9-6-4-5-7-9;1-10(2,3)9(11)8-6-4-5-7-8;1-8(2,3)7(10)9(4)5-6-9;1-6-7(2)8(10)9(3,4)5/h5-10H,1-4H3;5-9H,10,15H2,1-4H3;4-8H,9H2,1-3H3;9H,4-8H2,1-3H3;8H,4-7H2,1-3H3;5-6H2,1-4H3;6-7H,1H2,2-5H3. The van der Waals surface area contributed by atoms with E-state index in [4.69, 9.17) is 10.5 Å². The largest absolute Gasteiger partial charge is 0.486 e. The van der Waals surface area contributed by atoms with E-state index >= 15 is 0 Å². The Morgan fingerprint density at radius 2 is 1.03 bits per heavy atom. The van der Waals surface area contributed by atoms with Crippen molar-refractivity contribution in [3.05, 3.63) is 127 Å². The van der Waals surface area contributed by atoms with Crippen LogP contribution in [0.5, 0.6) is 5.75 Å². The van der Waals surface area contributed by atoms with Crippen LogP contribution >= 0.6 is 0 Å². The number of allylic oxidation sites excluding steroid dienone is 1. The van der Waals surface area contributed by atoms with E-state index in [-0.39, 0.29) is 73.6 Å². The molecule has 3 fully saturated rings. The van der Waals surface area contributed by atoms with Gasteiger partial charge in [-0.25, -0.2) is 4.68 Å². The van der Waals surface area contributed by atoms with Gasteiger partial charge in [-0.15, -0.1) is 6.58 Å². The molecule has 0 radical (unpaired) electrons. The topological polar surface area (TPSA) is 173 Å². The van der Waals surface area contributed by atoms with E-state index in [2.05, 4.69) is 18.6 Å². The third-order valence-electron chi connectivity index (χ3n) is 16.5. The Labute approximate surface area is 553 Å². The number of Topliss-reactive ketones (excluding diaryl/α,β-unsaturated/α-hetero) is 7. The van der Waals surface area contributed by atoms with Crippen molar-refractivity contribution in [2.45, 2.75) is 256 Å². The van der Waals surface area contributed by atoms with Crippen molar-refractivity contribution in [3.63, 3.8) is 0 Å². The molecule has 508 valence electrons. The number of rotatable bonds is 14. The van der Waals surface area contributed by atoms with Gasteiger partial charge in [-0.3, -0.25) is 33.6 Å². The molecule has 0 aliphatic heterocycles. The first kappa shape index (κ1) is 83.1. The van der Waals surface area contributed by atoms with Crippen molar-refractivity contribution in [1.82, 2.24) is 9.78 Å². The van der Waals surface area contributed by atoms with Crippen molar-refractivity contribution < 1.29 is 38.3 Å². The zero-order chi connectivity index (χ0) is 70.4. The quantitative estimate of drug-likeness (QED) is 0.0946. The van der Waals surface area contributed by atoms with Crippen molar-refractivity contribution in [2.24, 2.45) is 66.8 Å². The highest BCUT2D eigenvalue weighted by molar-refractivity contribution is 6.00. The zero-order valence-corrected chi connectivity index (χ0v) is 61.7. The summed E-state index contributed by atoms with van der Waals surface area (Å²) in [5, 5.41) is 4.32. The van der Waals surface area contributed by atoms with Crippen LogP contribution in [0.2, 0.25) is 0 Å². The van der Waals surface area contributed by atoms with Gasteiger partial charge in [0, 0.05) is 61.6 Å². The number of hydrogen-bond acceptors (Lipinski definition) is 10. The maximum absolute atomic E-state index is 12.3. The highest BCUT2D eigenvalue weighted by atomic mass is 16.5. The molecule has 91 heavy (non-hydrogen) atoms. The van der Waals surface area contributed by atoms with Crippen molar-refractivity contribution in [1.29, 1.82) is 0 Å². The maximum Gasteiger partial charge on any atom is 0.175 e. The minimum atomic E-state index is -0.792. The Balaban J connectivity index is 0.000000537. The van der Waals surface area contributed by atoms with Crippen LogP contribution in [-0.2, 0) is 35.2 Å². The molecule has 0 amide bonds. The number of hydrogen-bond donors (Lipinski definition) is 1. The molecule has 1 heterocycles. The number of nitrogens with two attached hydrogens (primary N) is 1. The molecular formula is C80H125N3O8. The number of aromatic nitrogens is 2. The van der Waals surface area contributed by atoms with Crippen molar-refractivity contribution in [2.75, 3.05) is 6.61 Å². The fourth-order valence-corrected chi connectivity index (χ4v) is 10.4. The third-order valence-corrected chi connectivity index (χ3v) is 16.5. The highest BCUT2D eigenvalue weighted by Crippen LogP contribution is 2.49. The number of nitrogens with zero attached hydrogens (tertiary/aromatic N) is 2. The van der Waals surface area contributed by atoms with E-state index < -0.39 is 11.0 Å². The van der Waals surface area contributed by atoms with Gasteiger partial charge in [0.2, 0.25) is 0 Å². The summed E-state index contributed by atoms with van der Waals surface area (Å²) < 4.78 is 7.15. The average molecular weight is 1260 g/mol. The molecule has 1 aromatic heterocycles. The molecule has 3 aromatic carbocycles. The van der Waals surface area contributed by atoms with E-state index in [0.29, 0.717) is 41.2 Å². The van der Waals surface area contributed by atoms with Crippen LogP contribution in [-0.4, -0.2) is 62.4 Å². The van der Waals surface area contributed by atoms with Crippen LogP contribution in [0.4, 0.5) is 0 Å². The summed E-state index contributed by atoms with van der Waals surface area (Å²) in [6.45, 7) is 52.5. The van der Waals surface area contributed by atoms with E-state index in [9.17, 15) is 33.6 Å². The van der Waals surface area contributed by atoms with Gasteiger partial charge in [0.15, 0.2) is 17.3 Å². The Kier molecular flexibility index (Phi) is 32.3. The molecule has 0 bridgehead atoms. The number of para-hydroxylation sites is 2. The average Bonchev–Trinajstić information content (AvgIpc) is 1.69. The van der Waals surface area contributed by atoms with E-state index in [1.807, 2.05) is 257 Å². The predicted octanol–water partition coefficient (Wildman–Crippen LogP) is 19.5. The molecule has 11 heteroatoms. The zero-order valence-electron chi connectivity index (χ0n) is 61.7. The summed E-state index contributed by atoms with van der Waals surface area (Å²) in [6.07, 6.45) is 17.0. The number of ether oxygens (including phenoxy) is 1. The van der Waals surface area contributed by atoms with Crippen LogP contribution in [0, 0.1) is 68.0 Å². The van der Waals surface area contributed by atoms with Crippen LogP contribution < -0.4 is 10.5 Å². The lowest BCUT2D eigenvalue weighted by Gasteiger charge is -2.30. The Morgan fingerprint density at radius 3 is 1.40 bits per heavy atom. The first-order valence-corrected chi connectivity index (χ1v) is 33.4. The van der Waals surface area contributed by atoms with Gasteiger partial charge >= 0.3 is 0 Å². The van der Waals surface area contributed by atoms with Crippen LogP contribution in [0.1, 0.15) is 258 Å². The van der Waals surface area contributed by atoms with Gasteiger partial charge in [0.1, 0.15) is 35.5 Å². The van der Waals surface area contributed by atoms with Gasteiger partial charge < -0.3 is 10.5 Å². The van der Waals surface area contributed by atoms with E-state index in [1.54, 1.807) is 17.0 Å². The lowest BCUT2D eigenvalue weighted by atomic mass is 9.77. The minimum absolute atomic E-state index is 0.0139. The van der Waals surface area contributed by atoms with Crippen LogP contribution in [0.3, 0.4) is 0 Å². The lowest BCUT2D eigenvalue weighted by Crippen LogP contribution is -2.52. The normalized spacial score (nSPS) is 15.9. The number of benzene rings is 3. The monoisotopic (exact) mass is 1260 g/mol. The minimum Gasteiger partial charge on any atom is -0.486 e. The first-order valence-electron chi connectivity index (χ1n) is 33.4. The molecule has 0 spiro atoms. The van der Waals surface area contributed by atoms with Gasteiger partial charge in [0.05, 0.1) is 28.7 Å². The van der Waals surface area contributed by atoms with Gasteiger partial charge in [-0.1, -0.05) is 271 Å². The fraction of sp³-hybridized carbons (Fsp3) is 0.625. The van der Waals surface area contributed by atoms with E-state index in [0.717, 1.165) is 54.8 Å². The second kappa shape index (κ2) is 35.4. The summed E-state index contributed by atoms with van der Waals surface area (Å²) in [6, 6.07) is 29.1. The SMILES string of the molecule is C=CC(C)C(=O)C(C)(C)C.CC(C)(C)C(=O)C(C)(N)Cc1ccccc1.CC(C)(C)C(=O)C1(C)CC1.CC(C)(C)C(=O)C1CCCC1.CC(C)(C)C(=O)CC1CCCC1.CC(C)(C)C(=O)COc1ccccc1.Cc1c(C(=O)C(C)(C)C)cnn1-c1ccccc1. The first-order chi connectivity index (χ1) is 41.4. The molecule has 3 aliphatic carbocycles. The summed E-state index contributed by atoms with van der Waals surface area (Å²) in [5.41, 5.74) is 7.36. The second-order valence-electron chi connectivity index (χ2n) is 33.3. The number of carbonyl (C=O) groups is 7. The summed E-state index contributed by atoms with van der Waals surface area (Å²) in [5.74, 6) is 3.75. The van der Waals surface area contributed by atoms with E-state index in [1.165, 1.54) is 38.5 Å². The predicted molar refractivity (Wildman–Crippen MR) is 379 cm³/mol. The molecular weight excluding hydrogens is 1130 g/mol. The highest BCUT2D eigenvalue weighted by Gasteiger charge is 2.48. The molecule has 4 aromatic rings. The van der Waals surface area contributed by atoms with Gasteiger partial charge in [-0.2, -0.15) is 5.10 Å². The van der Waals surface area contributed by atoms with Crippen molar-refractivity contribution in [3.8, 4) is 11.4 Å². The van der Waals surface area contributed by atoms with Crippen LogP contribution in [0.15, 0.2) is 110 Å². The maximum atomic E-state index is 12.3. The molecule has 7 rings (SSSR count). The van der Waals surface area contributed by atoms with Crippen LogP contribution in [0.25, 0.3) is 5.69 Å². The van der Waals surface area contributed by atoms with Crippen molar-refractivity contribution >= 4 is 40.5 Å². The molecule has 2 unspecified atom stereocenters. The number of ketones is 7. The summed E-state index contributed by atoms with van der Waals surface area (Å²) in [4.78, 5) is 82.1. The van der Waals surface area contributed by atoms with Gasteiger partial charge in [0.25, 0.3) is 0 Å². The fourth-order valence-electron chi connectivity index (χ4n) is 10.4. The smallest absolute Gasteiger partial charge is 0.175 e.